The van der Waals surface area contributed by atoms with Crippen molar-refractivity contribution < 1.29 is 19.5 Å². The van der Waals surface area contributed by atoms with Gasteiger partial charge in [-0.1, -0.05) is 13.8 Å². The maximum atomic E-state index is 12.4. The van der Waals surface area contributed by atoms with E-state index in [1.807, 2.05) is 13.8 Å². The van der Waals surface area contributed by atoms with Crippen molar-refractivity contribution in [2.75, 3.05) is 19.6 Å². The summed E-state index contributed by atoms with van der Waals surface area (Å²) in [6.07, 6.45) is -0.382. The molecule has 7 heteroatoms. The van der Waals surface area contributed by atoms with Crippen molar-refractivity contribution in [1.82, 2.24) is 10.2 Å². The molecule has 0 aromatic carbocycles. The number of amides is 2. The average molecular weight is 271 g/mol. The largest absolute Gasteiger partial charge is 0.481 e. The zero-order valence-corrected chi connectivity index (χ0v) is 11.3. The minimum Gasteiger partial charge on any atom is -0.481 e. The molecular formula is C12H21N3O4. The maximum absolute atomic E-state index is 12.4. The van der Waals surface area contributed by atoms with Gasteiger partial charge in [0.2, 0.25) is 11.8 Å². The zero-order chi connectivity index (χ0) is 14.6. The monoisotopic (exact) mass is 271 g/mol. The van der Waals surface area contributed by atoms with E-state index in [0.717, 1.165) is 0 Å². The van der Waals surface area contributed by atoms with E-state index < -0.39 is 17.9 Å². The molecule has 0 radical (unpaired) electrons. The number of nitrogens with zero attached hydrogens (tertiary/aromatic N) is 1. The van der Waals surface area contributed by atoms with Crippen LogP contribution in [0.2, 0.25) is 0 Å². The fourth-order valence-electron chi connectivity index (χ4n) is 2.22. The third-order valence-electron chi connectivity index (χ3n) is 3.36. The van der Waals surface area contributed by atoms with Crippen molar-refractivity contribution in [3.05, 3.63) is 0 Å². The van der Waals surface area contributed by atoms with Crippen LogP contribution in [-0.4, -0.2) is 53.5 Å². The summed E-state index contributed by atoms with van der Waals surface area (Å²) in [6, 6.07) is -0.938. The molecule has 1 aliphatic heterocycles. The van der Waals surface area contributed by atoms with Crippen molar-refractivity contribution in [3.63, 3.8) is 0 Å². The lowest BCUT2D eigenvalue weighted by atomic mass is 9.93. The second-order valence-electron chi connectivity index (χ2n) is 5.02. The first-order valence-electron chi connectivity index (χ1n) is 6.38. The van der Waals surface area contributed by atoms with Crippen molar-refractivity contribution in [2.24, 2.45) is 17.6 Å². The number of piperazine rings is 1. The van der Waals surface area contributed by atoms with Crippen molar-refractivity contribution in [2.45, 2.75) is 26.3 Å². The van der Waals surface area contributed by atoms with Crippen LogP contribution in [0.25, 0.3) is 0 Å². The van der Waals surface area contributed by atoms with E-state index >= 15 is 0 Å². The van der Waals surface area contributed by atoms with Crippen LogP contribution >= 0.6 is 0 Å². The number of carboxylic acid groups (broad SMARTS) is 1. The van der Waals surface area contributed by atoms with Gasteiger partial charge in [0.1, 0.15) is 6.04 Å². The first kappa shape index (κ1) is 15.4. The molecule has 1 fully saturated rings. The number of aliphatic carboxylic acids is 1. The Morgan fingerprint density at radius 2 is 2.16 bits per heavy atom. The first-order valence-corrected chi connectivity index (χ1v) is 6.38. The Kier molecular flexibility index (Phi) is 5.29. The summed E-state index contributed by atoms with van der Waals surface area (Å²) >= 11 is 0. The molecule has 0 aromatic heterocycles. The Hall–Kier alpha value is -1.63. The van der Waals surface area contributed by atoms with Gasteiger partial charge >= 0.3 is 5.97 Å². The normalized spacial score (nSPS) is 21.2. The summed E-state index contributed by atoms with van der Waals surface area (Å²) in [6.45, 7) is 4.62. The van der Waals surface area contributed by atoms with Gasteiger partial charge in [0.05, 0.1) is 12.3 Å². The molecule has 2 amide bonds. The van der Waals surface area contributed by atoms with Gasteiger partial charge in [-0.2, -0.15) is 0 Å². The summed E-state index contributed by atoms with van der Waals surface area (Å²) in [5.74, 6) is -2.09. The lowest BCUT2D eigenvalue weighted by Crippen LogP contribution is -2.59. The molecule has 1 saturated heterocycles. The SMILES string of the molecule is CC(C)C(CN)C(=O)N1CCNC(=O)C1CC(=O)O. The van der Waals surface area contributed by atoms with Gasteiger partial charge in [-0.3, -0.25) is 14.4 Å². The van der Waals surface area contributed by atoms with Crippen LogP contribution in [0, 0.1) is 11.8 Å². The highest BCUT2D eigenvalue weighted by Crippen LogP contribution is 2.18. The van der Waals surface area contributed by atoms with Crippen LogP contribution in [0.15, 0.2) is 0 Å². The Balaban J connectivity index is 2.90. The predicted molar refractivity (Wildman–Crippen MR) is 68.1 cm³/mol. The fourth-order valence-corrected chi connectivity index (χ4v) is 2.22. The number of carbonyl (C=O) groups excluding carboxylic acids is 2. The summed E-state index contributed by atoms with van der Waals surface area (Å²) < 4.78 is 0. The Morgan fingerprint density at radius 3 is 2.63 bits per heavy atom. The highest BCUT2D eigenvalue weighted by atomic mass is 16.4. The van der Waals surface area contributed by atoms with Crippen molar-refractivity contribution >= 4 is 17.8 Å². The average Bonchev–Trinajstić information content (AvgIpc) is 2.31. The van der Waals surface area contributed by atoms with Crippen LogP contribution in [0.5, 0.6) is 0 Å². The summed E-state index contributed by atoms with van der Waals surface area (Å²) in [7, 11) is 0. The highest BCUT2D eigenvalue weighted by Gasteiger charge is 2.37. The topological polar surface area (TPSA) is 113 Å². The van der Waals surface area contributed by atoms with Crippen molar-refractivity contribution in [3.8, 4) is 0 Å². The van der Waals surface area contributed by atoms with Gasteiger partial charge in [0, 0.05) is 19.6 Å². The number of carbonyl (C=O) groups is 3. The molecule has 7 nitrogen and oxygen atoms in total. The Labute approximate surface area is 112 Å². The Bertz CT molecular complexity index is 370. The number of hydrogen-bond acceptors (Lipinski definition) is 4. The lowest BCUT2D eigenvalue weighted by molar-refractivity contribution is -0.151. The molecule has 0 aliphatic carbocycles. The maximum Gasteiger partial charge on any atom is 0.305 e. The van der Waals surface area contributed by atoms with Gasteiger partial charge in [0.15, 0.2) is 0 Å². The number of carboxylic acids is 1. The van der Waals surface area contributed by atoms with E-state index in [1.165, 1.54) is 4.90 Å². The molecule has 0 spiro atoms. The lowest BCUT2D eigenvalue weighted by Gasteiger charge is -2.37. The quantitative estimate of drug-likeness (QED) is 0.595. The highest BCUT2D eigenvalue weighted by molar-refractivity contribution is 5.92. The van der Waals surface area contributed by atoms with Gasteiger partial charge < -0.3 is 21.1 Å². The molecule has 0 bridgehead atoms. The molecule has 1 heterocycles. The van der Waals surface area contributed by atoms with E-state index in [1.54, 1.807) is 0 Å². The molecule has 0 saturated carbocycles. The molecule has 2 unspecified atom stereocenters. The van der Waals surface area contributed by atoms with E-state index in [-0.39, 0.29) is 30.7 Å². The number of hydrogen-bond donors (Lipinski definition) is 3. The molecule has 0 aromatic rings. The summed E-state index contributed by atoms with van der Waals surface area (Å²) in [5, 5.41) is 11.4. The van der Waals surface area contributed by atoms with Gasteiger partial charge in [-0.05, 0) is 5.92 Å². The molecule has 2 atom stereocenters. The molecule has 108 valence electrons. The van der Waals surface area contributed by atoms with E-state index in [9.17, 15) is 14.4 Å². The molecule has 19 heavy (non-hydrogen) atoms. The van der Waals surface area contributed by atoms with Gasteiger partial charge in [-0.15, -0.1) is 0 Å². The zero-order valence-electron chi connectivity index (χ0n) is 11.3. The first-order chi connectivity index (χ1) is 8.88. The molecule has 1 aliphatic rings. The van der Waals surface area contributed by atoms with Gasteiger partial charge in [-0.25, -0.2) is 0 Å². The second-order valence-corrected chi connectivity index (χ2v) is 5.02. The molecular weight excluding hydrogens is 250 g/mol. The van der Waals surface area contributed by atoms with Crippen LogP contribution < -0.4 is 11.1 Å². The summed E-state index contributed by atoms with van der Waals surface area (Å²) in [4.78, 5) is 36.3. The smallest absolute Gasteiger partial charge is 0.305 e. The van der Waals surface area contributed by atoms with Crippen LogP contribution in [0.3, 0.4) is 0 Å². The van der Waals surface area contributed by atoms with E-state index in [2.05, 4.69) is 5.32 Å². The number of nitrogens with one attached hydrogen (secondary N) is 1. The standard InChI is InChI=1S/C12H21N3O4/c1-7(2)8(6-13)12(19)15-4-3-14-11(18)9(15)5-10(16)17/h7-9H,3-6,13H2,1-2H3,(H,14,18)(H,16,17). The van der Waals surface area contributed by atoms with Crippen molar-refractivity contribution in [1.29, 1.82) is 0 Å². The predicted octanol–water partition coefficient (Wildman–Crippen LogP) is -0.981. The van der Waals surface area contributed by atoms with Gasteiger partial charge in [0.25, 0.3) is 0 Å². The third-order valence-corrected chi connectivity index (χ3v) is 3.36. The minimum absolute atomic E-state index is 0.0490. The fraction of sp³-hybridized carbons (Fsp3) is 0.750. The number of rotatable bonds is 5. The van der Waals surface area contributed by atoms with Crippen LogP contribution in [0.1, 0.15) is 20.3 Å². The second kappa shape index (κ2) is 6.51. The number of nitrogens with two attached hydrogens (primary N) is 1. The van der Waals surface area contributed by atoms with Crippen LogP contribution in [0.4, 0.5) is 0 Å². The summed E-state index contributed by atoms with van der Waals surface area (Å²) in [5.41, 5.74) is 5.60. The molecule has 4 N–H and O–H groups in total. The molecule has 1 rings (SSSR count). The Morgan fingerprint density at radius 1 is 1.53 bits per heavy atom. The van der Waals surface area contributed by atoms with Crippen LogP contribution in [-0.2, 0) is 14.4 Å². The minimum atomic E-state index is -1.10. The third kappa shape index (κ3) is 3.66. The van der Waals surface area contributed by atoms with E-state index in [0.29, 0.717) is 13.1 Å². The van der Waals surface area contributed by atoms with E-state index in [4.69, 9.17) is 10.8 Å².